The summed E-state index contributed by atoms with van der Waals surface area (Å²) in [4.78, 5) is 11.7. The average molecular weight is 299 g/mol. The first-order valence-corrected chi connectivity index (χ1v) is 8.28. The fraction of sp³-hybridized carbons (Fsp3) is 0.938. The van der Waals surface area contributed by atoms with Crippen LogP contribution in [0.1, 0.15) is 66.2 Å². The number of rotatable bonds is 6. The molecule has 3 unspecified atom stereocenters. The van der Waals surface area contributed by atoms with Gasteiger partial charge in [0.05, 0.1) is 0 Å². The molecular weight excluding hydrogens is 266 g/mol. The second-order valence-corrected chi connectivity index (χ2v) is 7.16. The molecule has 124 valence electrons. The van der Waals surface area contributed by atoms with E-state index in [1.54, 1.807) is 0 Å². The molecule has 1 rings (SSSR count). The summed E-state index contributed by atoms with van der Waals surface area (Å²) in [6.45, 7) is 8.39. The van der Waals surface area contributed by atoms with Gasteiger partial charge in [-0.25, -0.2) is 4.79 Å². The molecule has 21 heavy (non-hydrogen) atoms. The van der Waals surface area contributed by atoms with Crippen LogP contribution in [0.3, 0.4) is 0 Å². The third-order valence-corrected chi connectivity index (χ3v) is 3.71. The highest BCUT2D eigenvalue weighted by Crippen LogP contribution is 2.18. The third kappa shape index (κ3) is 8.27. The lowest BCUT2D eigenvalue weighted by Gasteiger charge is -2.31. The minimum absolute atomic E-state index is 0.290. The highest BCUT2D eigenvalue weighted by atomic mass is 16.6. The van der Waals surface area contributed by atoms with Crippen LogP contribution in [0.25, 0.3) is 0 Å². The van der Waals surface area contributed by atoms with E-state index in [4.69, 9.17) is 10.5 Å². The molecule has 0 radical (unpaired) electrons. The molecule has 0 aromatic carbocycles. The van der Waals surface area contributed by atoms with Crippen molar-refractivity contribution >= 4 is 6.09 Å². The summed E-state index contributed by atoms with van der Waals surface area (Å²) in [6, 6.07) is 1.08. The fourth-order valence-corrected chi connectivity index (χ4v) is 2.83. The molecule has 3 atom stereocenters. The number of hydrogen-bond acceptors (Lipinski definition) is 4. The Morgan fingerprint density at radius 3 is 2.67 bits per heavy atom. The lowest BCUT2D eigenvalue weighted by Crippen LogP contribution is -2.49. The van der Waals surface area contributed by atoms with E-state index >= 15 is 0 Å². The van der Waals surface area contributed by atoms with Gasteiger partial charge in [-0.3, -0.25) is 0 Å². The largest absolute Gasteiger partial charge is 0.444 e. The fourth-order valence-electron chi connectivity index (χ4n) is 2.83. The molecule has 0 aromatic heterocycles. The van der Waals surface area contributed by atoms with E-state index in [-0.39, 0.29) is 12.1 Å². The average Bonchev–Trinajstić information content (AvgIpc) is 2.34. The molecule has 0 saturated heterocycles. The van der Waals surface area contributed by atoms with Gasteiger partial charge < -0.3 is 21.1 Å². The van der Waals surface area contributed by atoms with Gasteiger partial charge in [0.2, 0.25) is 0 Å². The minimum Gasteiger partial charge on any atom is -0.444 e. The van der Waals surface area contributed by atoms with Crippen LogP contribution < -0.4 is 16.4 Å². The molecule has 0 bridgehead atoms. The maximum Gasteiger partial charge on any atom is 0.407 e. The zero-order chi connectivity index (χ0) is 15.9. The van der Waals surface area contributed by atoms with Crippen molar-refractivity contribution in [3.05, 3.63) is 0 Å². The Hall–Kier alpha value is -0.810. The summed E-state index contributed by atoms with van der Waals surface area (Å²) in [5, 5.41) is 6.53. The van der Waals surface area contributed by atoms with Crippen molar-refractivity contribution in [2.24, 2.45) is 5.73 Å². The van der Waals surface area contributed by atoms with Crippen molar-refractivity contribution in [2.75, 3.05) is 6.54 Å². The van der Waals surface area contributed by atoms with Crippen molar-refractivity contribution in [2.45, 2.75) is 89.9 Å². The second kappa shape index (κ2) is 8.59. The maximum atomic E-state index is 11.7. The minimum atomic E-state index is -0.450. The molecule has 1 saturated carbocycles. The van der Waals surface area contributed by atoms with Crippen LogP contribution in [0, 0.1) is 0 Å². The van der Waals surface area contributed by atoms with E-state index < -0.39 is 5.60 Å². The van der Waals surface area contributed by atoms with Gasteiger partial charge in [-0.15, -0.1) is 0 Å². The molecule has 4 N–H and O–H groups in total. The zero-order valence-electron chi connectivity index (χ0n) is 14.1. The Bertz CT molecular complexity index is 315. The first-order valence-electron chi connectivity index (χ1n) is 8.28. The van der Waals surface area contributed by atoms with Gasteiger partial charge in [0.15, 0.2) is 0 Å². The number of nitrogens with one attached hydrogen (secondary N) is 2. The van der Waals surface area contributed by atoms with Crippen molar-refractivity contribution in [3.63, 3.8) is 0 Å². The quantitative estimate of drug-likeness (QED) is 0.704. The van der Waals surface area contributed by atoms with Gasteiger partial charge >= 0.3 is 6.09 Å². The monoisotopic (exact) mass is 299 g/mol. The topological polar surface area (TPSA) is 76.4 Å². The molecule has 5 heteroatoms. The van der Waals surface area contributed by atoms with Crippen molar-refractivity contribution in [1.82, 2.24) is 10.6 Å². The van der Waals surface area contributed by atoms with E-state index in [2.05, 4.69) is 17.6 Å². The molecule has 0 spiro atoms. The van der Waals surface area contributed by atoms with Crippen LogP contribution in [-0.4, -0.2) is 36.4 Å². The Morgan fingerprint density at radius 1 is 1.38 bits per heavy atom. The molecule has 5 nitrogen and oxygen atoms in total. The summed E-state index contributed by atoms with van der Waals surface area (Å²) in [7, 11) is 0. The molecule has 1 aliphatic carbocycles. The zero-order valence-corrected chi connectivity index (χ0v) is 14.1. The summed E-state index contributed by atoms with van der Waals surface area (Å²) in [5.41, 5.74) is 5.59. The normalized spacial score (nSPS) is 24.4. The van der Waals surface area contributed by atoms with Crippen molar-refractivity contribution < 1.29 is 9.53 Å². The summed E-state index contributed by atoms with van der Waals surface area (Å²) < 4.78 is 5.28. The van der Waals surface area contributed by atoms with Gasteiger partial charge in [-0.2, -0.15) is 0 Å². The number of nitrogens with two attached hydrogens (primary N) is 1. The summed E-state index contributed by atoms with van der Waals surface area (Å²) in [5.74, 6) is 0. The Balaban J connectivity index is 2.37. The number of alkyl carbamates (subject to hydrolysis) is 1. The summed E-state index contributed by atoms with van der Waals surface area (Å²) in [6.07, 6.45) is 6.33. The van der Waals surface area contributed by atoms with Crippen LogP contribution in [0.2, 0.25) is 0 Å². The van der Waals surface area contributed by atoms with Gasteiger partial charge in [-0.05, 0) is 46.5 Å². The smallest absolute Gasteiger partial charge is 0.407 e. The standard InChI is InChI=1S/C16H33N3O2/c1-5-7-14(11-18-15(20)21-16(2,3)4)19-13-9-6-8-12(17)10-13/h12-14,19H,5-11,17H2,1-4H3,(H,18,20). The number of amides is 1. The number of carbonyl (C=O) groups excluding carboxylic acids is 1. The molecule has 0 aromatic rings. The second-order valence-electron chi connectivity index (χ2n) is 7.16. The van der Waals surface area contributed by atoms with Crippen molar-refractivity contribution in [3.8, 4) is 0 Å². The first kappa shape index (κ1) is 18.2. The predicted molar refractivity (Wildman–Crippen MR) is 86.3 cm³/mol. The maximum absolute atomic E-state index is 11.7. The van der Waals surface area contributed by atoms with Crippen molar-refractivity contribution in [1.29, 1.82) is 0 Å². The molecule has 0 aliphatic heterocycles. The number of carbonyl (C=O) groups is 1. The molecule has 1 fully saturated rings. The van der Waals surface area contributed by atoms with Gasteiger partial charge in [0, 0.05) is 24.7 Å². The van der Waals surface area contributed by atoms with Gasteiger partial charge in [0.1, 0.15) is 5.60 Å². The Kier molecular flexibility index (Phi) is 7.46. The molecule has 1 amide bonds. The van der Waals surface area contributed by atoms with E-state index in [1.807, 2.05) is 20.8 Å². The van der Waals surface area contributed by atoms with Crippen LogP contribution in [0.5, 0.6) is 0 Å². The Morgan fingerprint density at radius 2 is 2.10 bits per heavy atom. The molecule has 0 heterocycles. The highest BCUT2D eigenvalue weighted by molar-refractivity contribution is 5.67. The lowest BCUT2D eigenvalue weighted by atomic mass is 9.91. The van der Waals surface area contributed by atoms with E-state index in [1.165, 1.54) is 12.8 Å². The molecular formula is C16H33N3O2. The SMILES string of the molecule is CCCC(CNC(=O)OC(C)(C)C)NC1CCCC(N)C1. The van der Waals surface area contributed by atoms with Gasteiger partial charge in [-0.1, -0.05) is 19.8 Å². The lowest BCUT2D eigenvalue weighted by molar-refractivity contribution is 0.0520. The van der Waals surface area contributed by atoms with Crippen LogP contribution in [-0.2, 0) is 4.74 Å². The van der Waals surface area contributed by atoms with Crippen LogP contribution in [0.15, 0.2) is 0 Å². The summed E-state index contributed by atoms with van der Waals surface area (Å²) >= 11 is 0. The molecule has 1 aliphatic rings. The van der Waals surface area contributed by atoms with Crippen LogP contribution >= 0.6 is 0 Å². The number of hydrogen-bond donors (Lipinski definition) is 3. The van der Waals surface area contributed by atoms with E-state index in [0.717, 1.165) is 25.7 Å². The van der Waals surface area contributed by atoms with Crippen LogP contribution in [0.4, 0.5) is 4.79 Å². The van der Waals surface area contributed by atoms with E-state index in [0.29, 0.717) is 18.6 Å². The third-order valence-electron chi connectivity index (χ3n) is 3.71. The number of ether oxygens (including phenoxy) is 1. The highest BCUT2D eigenvalue weighted by Gasteiger charge is 2.22. The van der Waals surface area contributed by atoms with E-state index in [9.17, 15) is 4.79 Å². The predicted octanol–water partition coefficient (Wildman–Crippen LogP) is 2.54. The van der Waals surface area contributed by atoms with Gasteiger partial charge in [0.25, 0.3) is 0 Å². The Labute approximate surface area is 129 Å². The first-order chi connectivity index (χ1) is 9.80.